The highest BCUT2D eigenvalue weighted by molar-refractivity contribution is 5.98. The van der Waals surface area contributed by atoms with Gasteiger partial charge in [0.25, 0.3) is 5.91 Å². The van der Waals surface area contributed by atoms with Gasteiger partial charge >= 0.3 is 0 Å². The number of para-hydroxylation sites is 1. The van der Waals surface area contributed by atoms with Crippen LogP contribution in [0.15, 0.2) is 42.5 Å². The summed E-state index contributed by atoms with van der Waals surface area (Å²) in [6.07, 6.45) is 0.755. The van der Waals surface area contributed by atoms with Crippen LogP contribution < -0.4 is 15.6 Å². The Bertz CT molecular complexity index is 1010. The first kappa shape index (κ1) is 19.4. The highest BCUT2D eigenvalue weighted by Gasteiger charge is 2.12. The molecular weight excluding hydrogens is 356 g/mol. The first-order valence-corrected chi connectivity index (χ1v) is 9.21. The maximum Gasteiger partial charge on any atom is 0.269 e. The third-order valence-electron chi connectivity index (χ3n) is 4.65. The zero-order valence-electron chi connectivity index (χ0n) is 16.3. The van der Waals surface area contributed by atoms with E-state index in [1.54, 1.807) is 19.2 Å². The summed E-state index contributed by atoms with van der Waals surface area (Å²) in [6, 6.07) is 12.9. The first-order chi connectivity index (χ1) is 13.5. The molecule has 2 aromatic carbocycles. The van der Waals surface area contributed by atoms with Gasteiger partial charge in [-0.05, 0) is 50.1 Å². The predicted molar refractivity (Wildman–Crippen MR) is 107 cm³/mol. The van der Waals surface area contributed by atoms with Crippen LogP contribution in [0.4, 0.5) is 0 Å². The molecule has 7 nitrogen and oxygen atoms in total. The number of carbonyl (C=O) groups is 2. The van der Waals surface area contributed by atoms with Crippen LogP contribution in [0.5, 0.6) is 5.75 Å². The molecule has 3 rings (SSSR count). The molecule has 1 heterocycles. The quantitative estimate of drug-likeness (QED) is 0.644. The molecule has 0 aliphatic heterocycles. The number of ether oxygens (including phenoxy) is 1. The smallest absolute Gasteiger partial charge is 0.269 e. The van der Waals surface area contributed by atoms with Crippen molar-refractivity contribution in [2.75, 3.05) is 7.11 Å². The van der Waals surface area contributed by atoms with Crippen molar-refractivity contribution in [2.45, 2.75) is 33.2 Å². The Morgan fingerprint density at radius 1 is 1.14 bits per heavy atom. The number of aromatic nitrogens is 2. The summed E-state index contributed by atoms with van der Waals surface area (Å²) in [5.74, 6) is 0.997. The van der Waals surface area contributed by atoms with Crippen LogP contribution in [0, 0.1) is 6.92 Å². The van der Waals surface area contributed by atoms with Gasteiger partial charge in [0.05, 0.1) is 18.1 Å². The van der Waals surface area contributed by atoms with Gasteiger partial charge < -0.3 is 9.30 Å². The Hall–Kier alpha value is -3.35. The topological polar surface area (TPSA) is 85.3 Å². The Labute approximate surface area is 163 Å². The van der Waals surface area contributed by atoms with E-state index in [1.807, 2.05) is 37.3 Å². The summed E-state index contributed by atoms with van der Waals surface area (Å²) in [6.45, 7) is 4.80. The number of imidazole rings is 1. The number of carbonyl (C=O) groups excluding carboxylic acids is 2. The second-order valence-corrected chi connectivity index (χ2v) is 6.42. The molecule has 0 aliphatic rings. The summed E-state index contributed by atoms with van der Waals surface area (Å²) < 4.78 is 7.36. The standard InChI is InChI=1S/C21H24N4O3/c1-4-25-14(2)22-17-13-16(9-11-18(17)25)21(27)24-23-20(26)12-10-15-7-5-6-8-19(15)28-3/h5-9,11,13H,4,10,12H2,1-3H3,(H,23,26)(H,24,27). The second kappa shape index (κ2) is 8.56. The fraction of sp³-hybridized carbons (Fsp3) is 0.286. The first-order valence-electron chi connectivity index (χ1n) is 9.21. The zero-order chi connectivity index (χ0) is 20.1. The number of fused-ring (bicyclic) bond motifs is 1. The average Bonchev–Trinajstić information content (AvgIpc) is 3.04. The van der Waals surface area contributed by atoms with Gasteiger partial charge in [0.15, 0.2) is 0 Å². The van der Waals surface area contributed by atoms with Crippen molar-refractivity contribution >= 4 is 22.8 Å². The number of hydrazine groups is 1. The molecule has 7 heteroatoms. The van der Waals surface area contributed by atoms with Crippen molar-refractivity contribution in [1.82, 2.24) is 20.4 Å². The van der Waals surface area contributed by atoms with Gasteiger partial charge in [-0.1, -0.05) is 18.2 Å². The lowest BCUT2D eigenvalue weighted by Gasteiger charge is -2.09. The molecule has 0 radical (unpaired) electrons. The Morgan fingerprint density at radius 3 is 2.68 bits per heavy atom. The monoisotopic (exact) mass is 380 g/mol. The van der Waals surface area contributed by atoms with E-state index in [1.165, 1.54) is 0 Å². The Morgan fingerprint density at radius 2 is 1.93 bits per heavy atom. The second-order valence-electron chi connectivity index (χ2n) is 6.42. The fourth-order valence-electron chi connectivity index (χ4n) is 3.21. The summed E-state index contributed by atoms with van der Waals surface area (Å²) in [4.78, 5) is 28.9. The SMILES string of the molecule is CCn1c(C)nc2cc(C(=O)NNC(=O)CCc3ccccc3OC)ccc21. The maximum atomic E-state index is 12.3. The van der Waals surface area contributed by atoms with Crippen LogP contribution >= 0.6 is 0 Å². The van der Waals surface area contributed by atoms with Crippen molar-refractivity contribution in [3.05, 3.63) is 59.4 Å². The van der Waals surface area contributed by atoms with Crippen LogP contribution in [0.1, 0.15) is 35.1 Å². The Kier molecular flexibility index (Phi) is 5.93. The molecule has 0 saturated carbocycles. The molecule has 0 atom stereocenters. The van der Waals surface area contributed by atoms with Crippen molar-refractivity contribution in [2.24, 2.45) is 0 Å². The number of amides is 2. The van der Waals surface area contributed by atoms with Gasteiger partial charge in [0, 0.05) is 18.5 Å². The van der Waals surface area contributed by atoms with Crippen molar-refractivity contribution in [1.29, 1.82) is 0 Å². The number of benzene rings is 2. The number of rotatable bonds is 6. The lowest BCUT2D eigenvalue weighted by molar-refractivity contribution is -0.121. The molecule has 28 heavy (non-hydrogen) atoms. The summed E-state index contributed by atoms with van der Waals surface area (Å²) >= 11 is 0. The number of hydrogen-bond donors (Lipinski definition) is 2. The summed E-state index contributed by atoms with van der Waals surface area (Å²) in [5.41, 5.74) is 8.05. The lowest BCUT2D eigenvalue weighted by Crippen LogP contribution is -2.41. The van der Waals surface area contributed by atoms with Crippen LogP contribution in [-0.4, -0.2) is 28.5 Å². The third kappa shape index (κ3) is 4.14. The zero-order valence-corrected chi connectivity index (χ0v) is 16.3. The van der Waals surface area contributed by atoms with Gasteiger partial charge in [-0.25, -0.2) is 4.98 Å². The number of nitrogens with zero attached hydrogens (tertiary/aromatic N) is 2. The number of hydrogen-bond acceptors (Lipinski definition) is 4. The van der Waals surface area contributed by atoms with E-state index in [0.717, 1.165) is 34.7 Å². The fourth-order valence-corrected chi connectivity index (χ4v) is 3.21. The van der Waals surface area contributed by atoms with Crippen molar-refractivity contribution < 1.29 is 14.3 Å². The van der Waals surface area contributed by atoms with E-state index in [9.17, 15) is 9.59 Å². The third-order valence-corrected chi connectivity index (χ3v) is 4.65. The molecule has 1 aromatic heterocycles. The number of nitrogens with one attached hydrogen (secondary N) is 2. The minimum atomic E-state index is -0.378. The maximum absolute atomic E-state index is 12.3. The summed E-state index contributed by atoms with van der Waals surface area (Å²) in [7, 11) is 1.60. The number of methoxy groups -OCH3 is 1. The van der Waals surface area contributed by atoms with Gasteiger partial charge in [-0.2, -0.15) is 0 Å². The van der Waals surface area contributed by atoms with Crippen LogP contribution in [0.2, 0.25) is 0 Å². The molecule has 0 bridgehead atoms. The molecule has 146 valence electrons. The largest absolute Gasteiger partial charge is 0.496 e. The van der Waals surface area contributed by atoms with Crippen molar-refractivity contribution in [3.63, 3.8) is 0 Å². The average molecular weight is 380 g/mol. The van der Waals surface area contributed by atoms with E-state index < -0.39 is 0 Å². The molecule has 0 spiro atoms. The molecule has 0 fully saturated rings. The minimum absolute atomic E-state index is 0.236. The van der Waals surface area contributed by atoms with Crippen molar-refractivity contribution in [3.8, 4) is 5.75 Å². The van der Waals surface area contributed by atoms with Crippen LogP contribution in [0.25, 0.3) is 11.0 Å². The van der Waals surface area contributed by atoms with E-state index in [2.05, 4.69) is 27.3 Å². The molecule has 0 saturated heterocycles. The predicted octanol–water partition coefficient (Wildman–Crippen LogP) is 2.77. The molecular formula is C21H24N4O3. The van der Waals surface area contributed by atoms with E-state index >= 15 is 0 Å². The lowest BCUT2D eigenvalue weighted by atomic mass is 10.1. The number of aryl methyl sites for hydroxylation is 3. The van der Waals surface area contributed by atoms with Gasteiger partial charge in [0.1, 0.15) is 11.6 Å². The molecule has 0 aliphatic carbocycles. The van der Waals surface area contributed by atoms with E-state index in [0.29, 0.717) is 12.0 Å². The molecule has 2 N–H and O–H groups in total. The van der Waals surface area contributed by atoms with E-state index in [-0.39, 0.29) is 18.2 Å². The highest BCUT2D eigenvalue weighted by atomic mass is 16.5. The molecule has 2 amide bonds. The van der Waals surface area contributed by atoms with Gasteiger partial charge in [0.2, 0.25) is 5.91 Å². The van der Waals surface area contributed by atoms with Gasteiger partial charge in [-0.15, -0.1) is 0 Å². The Balaban J connectivity index is 1.57. The highest BCUT2D eigenvalue weighted by Crippen LogP contribution is 2.19. The summed E-state index contributed by atoms with van der Waals surface area (Å²) in [5, 5.41) is 0. The molecule has 0 unspecified atom stereocenters. The van der Waals surface area contributed by atoms with E-state index in [4.69, 9.17) is 4.74 Å². The van der Waals surface area contributed by atoms with Gasteiger partial charge in [-0.3, -0.25) is 20.4 Å². The van der Waals surface area contributed by atoms with Crippen LogP contribution in [-0.2, 0) is 17.8 Å². The minimum Gasteiger partial charge on any atom is -0.496 e. The normalized spacial score (nSPS) is 10.7. The van der Waals surface area contributed by atoms with Crippen LogP contribution in [0.3, 0.4) is 0 Å². The molecule has 3 aromatic rings.